The van der Waals surface area contributed by atoms with Crippen molar-refractivity contribution in [3.63, 3.8) is 0 Å². The molecule has 0 bridgehead atoms. The van der Waals surface area contributed by atoms with Gasteiger partial charge in [0, 0.05) is 6.42 Å². The normalized spacial score (nSPS) is 14.5. The molecule has 0 heterocycles. The summed E-state index contributed by atoms with van der Waals surface area (Å²) < 4.78 is 76.9. The van der Waals surface area contributed by atoms with Gasteiger partial charge in [0.1, 0.15) is 0 Å². The molecule has 0 aliphatic carbocycles. The predicted octanol–water partition coefficient (Wildman–Crippen LogP) is 2.81. The Morgan fingerprint density at radius 2 is 1.47 bits per heavy atom. The maximum absolute atomic E-state index is 13.0. The third-order valence-corrected chi connectivity index (χ3v) is 2.30. The van der Waals surface area contributed by atoms with Crippen LogP contribution >= 0.6 is 0 Å². The number of alkyl halides is 6. The Balaban J connectivity index is 3.71. The SMILES string of the molecule is OB(O)OC(F)(F)C(F)CCCCCCC(F)(F)F. The highest BCUT2D eigenvalue weighted by molar-refractivity contribution is 6.32. The third kappa shape index (κ3) is 10.0. The molecule has 0 aliphatic heterocycles. The van der Waals surface area contributed by atoms with Crippen LogP contribution in [0.25, 0.3) is 0 Å². The van der Waals surface area contributed by atoms with Crippen molar-refractivity contribution in [1.29, 1.82) is 0 Å². The van der Waals surface area contributed by atoms with Crippen LogP contribution in [0.15, 0.2) is 0 Å². The minimum Gasteiger partial charge on any atom is -0.402 e. The van der Waals surface area contributed by atoms with Gasteiger partial charge in [-0.15, -0.1) is 0 Å². The topological polar surface area (TPSA) is 49.7 Å². The van der Waals surface area contributed by atoms with Crippen LogP contribution in [0.2, 0.25) is 0 Å². The number of hydrogen-bond acceptors (Lipinski definition) is 3. The summed E-state index contributed by atoms with van der Waals surface area (Å²) in [6.07, 6.45) is -12.8. The standard InChI is InChI=1S/C9H15BF6O3/c11-7(9(15,16)19-10(17)18)5-3-1-2-4-6-8(12,13)14/h7,17-18H,1-6H2. The van der Waals surface area contributed by atoms with Gasteiger partial charge in [-0.2, -0.15) is 22.0 Å². The molecular formula is C9H15BF6O3. The molecule has 0 amide bonds. The van der Waals surface area contributed by atoms with E-state index in [1.807, 2.05) is 0 Å². The van der Waals surface area contributed by atoms with Crippen molar-refractivity contribution < 1.29 is 41.0 Å². The molecule has 0 saturated heterocycles. The van der Waals surface area contributed by atoms with Gasteiger partial charge in [-0.05, 0) is 12.8 Å². The fourth-order valence-electron chi connectivity index (χ4n) is 1.38. The fourth-order valence-corrected chi connectivity index (χ4v) is 1.38. The van der Waals surface area contributed by atoms with Gasteiger partial charge in [0.15, 0.2) is 6.17 Å². The minimum absolute atomic E-state index is 0.0422. The lowest BCUT2D eigenvalue weighted by molar-refractivity contribution is -0.237. The second kappa shape index (κ2) is 7.96. The molecule has 0 aromatic carbocycles. The summed E-state index contributed by atoms with van der Waals surface area (Å²) in [6, 6.07) is 0. The molecule has 0 aromatic rings. The molecule has 0 aliphatic rings. The van der Waals surface area contributed by atoms with Crippen molar-refractivity contribution in [3.8, 4) is 0 Å². The van der Waals surface area contributed by atoms with E-state index in [0.717, 1.165) is 0 Å². The molecule has 19 heavy (non-hydrogen) atoms. The van der Waals surface area contributed by atoms with Crippen LogP contribution in [0.5, 0.6) is 0 Å². The fraction of sp³-hybridized carbons (Fsp3) is 1.00. The lowest BCUT2D eigenvalue weighted by Crippen LogP contribution is -2.39. The summed E-state index contributed by atoms with van der Waals surface area (Å²) in [5, 5.41) is 16.3. The van der Waals surface area contributed by atoms with E-state index in [2.05, 4.69) is 4.65 Å². The van der Waals surface area contributed by atoms with E-state index >= 15 is 0 Å². The summed E-state index contributed by atoms with van der Waals surface area (Å²) in [6.45, 7) is 0. The zero-order chi connectivity index (χ0) is 15.1. The Bertz CT molecular complexity index is 249. The van der Waals surface area contributed by atoms with E-state index in [1.165, 1.54) is 0 Å². The van der Waals surface area contributed by atoms with Gasteiger partial charge in [-0.3, -0.25) is 0 Å². The van der Waals surface area contributed by atoms with Crippen molar-refractivity contribution in [2.75, 3.05) is 0 Å². The van der Waals surface area contributed by atoms with Gasteiger partial charge >= 0.3 is 19.6 Å². The second-order valence-corrected chi connectivity index (χ2v) is 4.04. The van der Waals surface area contributed by atoms with E-state index in [1.54, 1.807) is 0 Å². The predicted molar refractivity (Wildman–Crippen MR) is 54.9 cm³/mol. The van der Waals surface area contributed by atoms with E-state index in [9.17, 15) is 26.3 Å². The molecule has 0 rings (SSSR count). The van der Waals surface area contributed by atoms with Gasteiger partial charge in [0.2, 0.25) is 0 Å². The summed E-state index contributed by atoms with van der Waals surface area (Å²) in [5.41, 5.74) is 0. The van der Waals surface area contributed by atoms with Gasteiger partial charge in [0.05, 0.1) is 0 Å². The van der Waals surface area contributed by atoms with Crippen LogP contribution in [0, 0.1) is 0 Å². The number of hydrogen-bond donors (Lipinski definition) is 2. The van der Waals surface area contributed by atoms with Crippen molar-refractivity contribution in [3.05, 3.63) is 0 Å². The van der Waals surface area contributed by atoms with Gasteiger partial charge < -0.3 is 14.7 Å². The Morgan fingerprint density at radius 1 is 0.947 bits per heavy atom. The highest BCUT2D eigenvalue weighted by Crippen LogP contribution is 2.28. The van der Waals surface area contributed by atoms with Crippen LogP contribution in [0.4, 0.5) is 26.3 Å². The third-order valence-electron chi connectivity index (χ3n) is 2.30. The second-order valence-electron chi connectivity index (χ2n) is 4.04. The molecule has 0 fully saturated rings. The van der Waals surface area contributed by atoms with Crippen LogP contribution < -0.4 is 0 Å². The van der Waals surface area contributed by atoms with Crippen molar-refractivity contribution in [1.82, 2.24) is 0 Å². The number of unbranched alkanes of at least 4 members (excludes halogenated alkanes) is 3. The molecule has 10 heteroatoms. The van der Waals surface area contributed by atoms with Crippen molar-refractivity contribution in [2.45, 2.75) is 57.0 Å². The lowest BCUT2D eigenvalue weighted by Gasteiger charge is -2.20. The van der Waals surface area contributed by atoms with Crippen molar-refractivity contribution in [2.24, 2.45) is 0 Å². The van der Waals surface area contributed by atoms with Crippen LogP contribution in [-0.2, 0) is 4.65 Å². The Kier molecular flexibility index (Phi) is 7.76. The monoisotopic (exact) mass is 296 g/mol. The Labute approximate surface area is 106 Å². The summed E-state index contributed by atoms with van der Waals surface area (Å²) in [7, 11) is -2.79. The molecular weight excluding hydrogens is 281 g/mol. The summed E-state index contributed by atoms with van der Waals surface area (Å²) in [5.74, 6) is 0. The molecule has 2 N–H and O–H groups in total. The molecule has 114 valence electrons. The minimum atomic E-state index is -4.33. The largest absolute Gasteiger partial charge is 0.638 e. The van der Waals surface area contributed by atoms with Crippen LogP contribution in [0.3, 0.4) is 0 Å². The van der Waals surface area contributed by atoms with Crippen molar-refractivity contribution >= 4 is 7.32 Å². The Morgan fingerprint density at radius 3 is 1.95 bits per heavy atom. The zero-order valence-corrected chi connectivity index (χ0v) is 9.97. The highest BCUT2D eigenvalue weighted by Gasteiger charge is 2.44. The number of rotatable bonds is 9. The average Bonchev–Trinajstić information content (AvgIpc) is 2.19. The quantitative estimate of drug-likeness (QED) is 0.391. The molecule has 0 radical (unpaired) electrons. The zero-order valence-electron chi connectivity index (χ0n) is 9.97. The lowest BCUT2D eigenvalue weighted by atomic mass is 10.1. The maximum Gasteiger partial charge on any atom is 0.638 e. The first-order chi connectivity index (χ1) is 8.54. The van der Waals surface area contributed by atoms with Crippen LogP contribution in [0.1, 0.15) is 38.5 Å². The number of halogens is 6. The Hall–Kier alpha value is -0.475. The molecule has 3 nitrogen and oxygen atoms in total. The first-order valence-corrected chi connectivity index (χ1v) is 5.67. The van der Waals surface area contributed by atoms with E-state index in [0.29, 0.717) is 0 Å². The summed E-state index contributed by atoms with van der Waals surface area (Å²) >= 11 is 0. The molecule has 1 atom stereocenters. The average molecular weight is 296 g/mol. The first-order valence-electron chi connectivity index (χ1n) is 5.67. The van der Waals surface area contributed by atoms with Gasteiger partial charge in [-0.25, -0.2) is 4.39 Å². The first kappa shape index (κ1) is 18.5. The van der Waals surface area contributed by atoms with Gasteiger partial charge in [0.25, 0.3) is 0 Å². The van der Waals surface area contributed by atoms with Crippen LogP contribution in [-0.4, -0.2) is 35.8 Å². The van der Waals surface area contributed by atoms with Gasteiger partial charge in [-0.1, -0.05) is 19.3 Å². The highest BCUT2D eigenvalue weighted by atomic mass is 19.4. The molecule has 0 spiro atoms. The maximum atomic E-state index is 13.0. The summed E-state index contributed by atoms with van der Waals surface area (Å²) in [4.78, 5) is 0. The molecule has 0 aromatic heterocycles. The van der Waals surface area contributed by atoms with E-state index in [-0.39, 0.29) is 25.7 Å². The molecule has 1 unspecified atom stereocenters. The van der Waals surface area contributed by atoms with E-state index < -0.39 is 38.6 Å². The smallest absolute Gasteiger partial charge is 0.402 e. The molecule has 0 saturated carbocycles. The van der Waals surface area contributed by atoms with E-state index in [4.69, 9.17) is 10.0 Å².